The molecular weight excluding hydrogens is 280 g/mol. The van der Waals surface area contributed by atoms with Crippen LogP contribution in [0, 0.1) is 11.3 Å². The highest BCUT2D eigenvalue weighted by atomic mass is 35.5. The van der Waals surface area contributed by atoms with Crippen LogP contribution < -0.4 is 4.74 Å². The number of carbonyl (C=O) groups excluding carboxylic acids is 1. The minimum atomic E-state index is -3.04. The van der Waals surface area contributed by atoms with Gasteiger partial charge in [-0.1, -0.05) is 17.7 Å². The van der Waals surface area contributed by atoms with E-state index in [-0.39, 0.29) is 29.4 Å². The van der Waals surface area contributed by atoms with Gasteiger partial charge in [0, 0.05) is 0 Å². The van der Waals surface area contributed by atoms with Crippen molar-refractivity contribution in [1.29, 1.82) is 5.26 Å². The molecule has 0 spiro atoms. The highest BCUT2D eigenvalue weighted by Crippen LogP contribution is 2.31. The van der Waals surface area contributed by atoms with Crippen LogP contribution in [0.3, 0.4) is 0 Å². The van der Waals surface area contributed by atoms with Crippen LogP contribution in [-0.4, -0.2) is 19.2 Å². The number of esters is 1. The van der Waals surface area contributed by atoms with Crippen LogP contribution in [0.15, 0.2) is 12.1 Å². The van der Waals surface area contributed by atoms with E-state index in [1.165, 1.54) is 12.1 Å². The highest BCUT2D eigenvalue weighted by molar-refractivity contribution is 6.33. The zero-order valence-corrected chi connectivity index (χ0v) is 10.7. The van der Waals surface area contributed by atoms with Gasteiger partial charge in [-0.05, 0) is 18.6 Å². The Balaban J connectivity index is 3.05. The van der Waals surface area contributed by atoms with Crippen molar-refractivity contribution in [3.8, 4) is 11.8 Å². The number of halogens is 3. The number of ether oxygens (including phenoxy) is 2. The third kappa shape index (κ3) is 4.07. The van der Waals surface area contributed by atoms with E-state index in [4.69, 9.17) is 21.6 Å². The molecule has 1 aromatic carbocycles. The molecule has 0 aliphatic carbocycles. The molecule has 102 valence electrons. The van der Waals surface area contributed by atoms with Gasteiger partial charge < -0.3 is 9.47 Å². The zero-order valence-electron chi connectivity index (χ0n) is 9.95. The summed E-state index contributed by atoms with van der Waals surface area (Å²) in [4.78, 5) is 11.3. The van der Waals surface area contributed by atoms with Crippen molar-refractivity contribution in [2.45, 2.75) is 20.0 Å². The van der Waals surface area contributed by atoms with Crippen molar-refractivity contribution in [1.82, 2.24) is 0 Å². The van der Waals surface area contributed by atoms with E-state index in [1.807, 2.05) is 0 Å². The molecule has 0 bridgehead atoms. The van der Waals surface area contributed by atoms with Crippen LogP contribution in [0.4, 0.5) is 8.78 Å². The van der Waals surface area contributed by atoms with Gasteiger partial charge in [-0.25, -0.2) is 0 Å². The summed E-state index contributed by atoms with van der Waals surface area (Å²) in [6.45, 7) is -1.18. The third-order valence-corrected chi connectivity index (χ3v) is 2.54. The normalized spacial score (nSPS) is 10.1. The minimum absolute atomic E-state index is 0.0760. The molecule has 0 aliphatic rings. The van der Waals surface area contributed by atoms with Gasteiger partial charge >= 0.3 is 12.6 Å². The van der Waals surface area contributed by atoms with Crippen LogP contribution in [0.25, 0.3) is 0 Å². The Labute approximate surface area is 113 Å². The number of nitriles is 1. The molecule has 0 amide bonds. The summed E-state index contributed by atoms with van der Waals surface area (Å²) in [6, 6.07) is 4.28. The Kier molecular flexibility index (Phi) is 5.52. The van der Waals surface area contributed by atoms with Crippen molar-refractivity contribution in [2.75, 3.05) is 6.61 Å². The standard InChI is InChI=1S/C12H10ClF2NO3/c1-2-18-10(17)5-7-3-4-9(19-12(14)15)11(13)8(7)6-16/h3-4,12H,2,5H2,1H3. The Bertz CT molecular complexity index is 514. The maximum atomic E-state index is 12.1. The van der Waals surface area contributed by atoms with Crippen LogP contribution >= 0.6 is 11.6 Å². The molecule has 0 atom stereocenters. The van der Waals surface area contributed by atoms with Gasteiger partial charge in [-0.3, -0.25) is 4.79 Å². The van der Waals surface area contributed by atoms with Crippen LogP contribution in [0.2, 0.25) is 5.02 Å². The molecular formula is C12H10ClF2NO3. The van der Waals surface area contributed by atoms with E-state index < -0.39 is 12.6 Å². The Morgan fingerprint density at radius 1 is 1.53 bits per heavy atom. The predicted molar refractivity (Wildman–Crippen MR) is 63.1 cm³/mol. The third-order valence-electron chi connectivity index (χ3n) is 2.16. The lowest BCUT2D eigenvalue weighted by Gasteiger charge is -2.10. The lowest BCUT2D eigenvalue weighted by Crippen LogP contribution is -2.10. The first-order chi connectivity index (χ1) is 8.99. The molecule has 19 heavy (non-hydrogen) atoms. The zero-order chi connectivity index (χ0) is 14.4. The fraction of sp³-hybridized carbons (Fsp3) is 0.333. The van der Waals surface area contributed by atoms with E-state index in [2.05, 4.69) is 4.74 Å². The Morgan fingerprint density at radius 3 is 2.74 bits per heavy atom. The molecule has 7 heteroatoms. The van der Waals surface area contributed by atoms with Gasteiger partial charge in [0.15, 0.2) is 0 Å². The first-order valence-corrected chi connectivity index (χ1v) is 5.69. The molecule has 0 N–H and O–H groups in total. The number of hydrogen-bond acceptors (Lipinski definition) is 4. The summed E-state index contributed by atoms with van der Waals surface area (Å²) in [5, 5.41) is 8.73. The molecule has 0 saturated heterocycles. The van der Waals surface area contributed by atoms with Crippen LogP contribution in [0.1, 0.15) is 18.1 Å². The number of nitrogens with zero attached hydrogens (tertiary/aromatic N) is 1. The summed E-state index contributed by atoms with van der Waals surface area (Å²) in [6.07, 6.45) is -0.161. The molecule has 4 nitrogen and oxygen atoms in total. The maximum absolute atomic E-state index is 12.1. The van der Waals surface area contributed by atoms with Crippen molar-refractivity contribution < 1.29 is 23.0 Å². The number of hydrogen-bond donors (Lipinski definition) is 0. The van der Waals surface area contributed by atoms with Crippen LogP contribution in [-0.2, 0) is 16.0 Å². The van der Waals surface area contributed by atoms with E-state index in [0.29, 0.717) is 5.56 Å². The number of rotatable bonds is 5. The van der Waals surface area contributed by atoms with Gasteiger partial charge in [0.1, 0.15) is 16.8 Å². The molecule has 0 saturated carbocycles. The van der Waals surface area contributed by atoms with E-state index in [0.717, 1.165) is 0 Å². The Hall–Kier alpha value is -1.87. The van der Waals surface area contributed by atoms with E-state index >= 15 is 0 Å². The van der Waals surface area contributed by atoms with Crippen molar-refractivity contribution in [2.24, 2.45) is 0 Å². The topological polar surface area (TPSA) is 59.3 Å². The number of alkyl halides is 2. The average molecular weight is 290 g/mol. The first kappa shape index (κ1) is 15.2. The molecule has 0 fully saturated rings. The second-order valence-corrected chi connectivity index (χ2v) is 3.76. The summed E-state index contributed by atoms with van der Waals surface area (Å²) in [7, 11) is 0. The summed E-state index contributed by atoms with van der Waals surface area (Å²) in [5.41, 5.74) is 0.223. The summed E-state index contributed by atoms with van der Waals surface area (Å²) >= 11 is 5.79. The summed E-state index contributed by atoms with van der Waals surface area (Å²) < 4.78 is 33.1. The van der Waals surface area contributed by atoms with Crippen molar-refractivity contribution in [3.63, 3.8) is 0 Å². The predicted octanol–water partition coefficient (Wildman–Crippen LogP) is 2.92. The molecule has 0 aliphatic heterocycles. The molecule has 0 aromatic heterocycles. The fourth-order valence-corrected chi connectivity index (χ4v) is 1.69. The van der Waals surface area contributed by atoms with Crippen LogP contribution in [0.5, 0.6) is 5.75 Å². The largest absolute Gasteiger partial charge is 0.466 e. The number of benzene rings is 1. The van der Waals surface area contributed by atoms with Gasteiger partial charge in [0.2, 0.25) is 0 Å². The van der Waals surface area contributed by atoms with Crippen molar-refractivity contribution in [3.05, 3.63) is 28.3 Å². The Morgan fingerprint density at radius 2 is 2.21 bits per heavy atom. The molecule has 1 aromatic rings. The molecule has 0 heterocycles. The van der Waals surface area contributed by atoms with Gasteiger partial charge in [0.25, 0.3) is 0 Å². The average Bonchev–Trinajstić information content (AvgIpc) is 2.33. The molecule has 0 unspecified atom stereocenters. The quantitative estimate of drug-likeness (QED) is 0.782. The first-order valence-electron chi connectivity index (χ1n) is 5.31. The van der Waals surface area contributed by atoms with Gasteiger partial charge in [-0.2, -0.15) is 14.0 Å². The summed E-state index contributed by atoms with van der Waals surface area (Å²) in [5.74, 6) is -0.835. The number of carbonyl (C=O) groups is 1. The smallest absolute Gasteiger partial charge is 0.387 e. The SMILES string of the molecule is CCOC(=O)Cc1ccc(OC(F)F)c(Cl)c1C#N. The fourth-order valence-electron chi connectivity index (χ4n) is 1.42. The molecule has 0 radical (unpaired) electrons. The minimum Gasteiger partial charge on any atom is -0.466 e. The van der Waals surface area contributed by atoms with E-state index in [1.54, 1.807) is 13.0 Å². The van der Waals surface area contributed by atoms with Gasteiger partial charge in [-0.15, -0.1) is 0 Å². The monoisotopic (exact) mass is 289 g/mol. The van der Waals surface area contributed by atoms with Crippen molar-refractivity contribution >= 4 is 17.6 Å². The lowest BCUT2D eigenvalue weighted by atomic mass is 10.0. The van der Waals surface area contributed by atoms with Gasteiger partial charge in [0.05, 0.1) is 18.6 Å². The lowest BCUT2D eigenvalue weighted by molar-refractivity contribution is -0.142. The molecule has 1 rings (SSSR count). The second kappa shape index (κ2) is 6.90. The maximum Gasteiger partial charge on any atom is 0.387 e. The van der Waals surface area contributed by atoms with E-state index in [9.17, 15) is 13.6 Å². The second-order valence-electron chi connectivity index (χ2n) is 3.38. The highest BCUT2D eigenvalue weighted by Gasteiger charge is 2.17.